The second kappa shape index (κ2) is 7.75. The average Bonchev–Trinajstić information content (AvgIpc) is 3.11. The number of thiophene rings is 1. The normalized spacial score (nSPS) is 17.5. The summed E-state index contributed by atoms with van der Waals surface area (Å²) >= 11 is 1.50. The molecule has 29 heavy (non-hydrogen) atoms. The number of nitrogens with one attached hydrogen (secondary N) is 2. The van der Waals surface area contributed by atoms with E-state index in [2.05, 4.69) is 10.6 Å². The van der Waals surface area contributed by atoms with Crippen LogP contribution in [0, 0.1) is 0 Å². The highest BCUT2D eigenvalue weighted by Gasteiger charge is 2.34. The molecule has 0 bridgehead atoms. The van der Waals surface area contributed by atoms with Crippen LogP contribution in [0.5, 0.6) is 0 Å². The van der Waals surface area contributed by atoms with E-state index in [1.807, 2.05) is 0 Å². The van der Waals surface area contributed by atoms with Crippen molar-refractivity contribution in [3.05, 3.63) is 51.4 Å². The fraction of sp³-hybridized carbons (Fsp3) is 0.350. The van der Waals surface area contributed by atoms with Crippen molar-refractivity contribution in [3.8, 4) is 0 Å². The van der Waals surface area contributed by atoms with Crippen molar-refractivity contribution < 1.29 is 23.9 Å². The van der Waals surface area contributed by atoms with Crippen molar-refractivity contribution in [2.45, 2.75) is 26.1 Å². The molecule has 0 aliphatic carbocycles. The monoisotopic (exact) mass is 415 g/mol. The molecule has 0 spiro atoms. The third kappa shape index (κ3) is 3.53. The Labute approximate surface area is 171 Å². The van der Waals surface area contributed by atoms with Gasteiger partial charge in [-0.25, -0.2) is 9.59 Å². The zero-order valence-corrected chi connectivity index (χ0v) is 16.9. The number of amides is 2. The van der Waals surface area contributed by atoms with Crippen LogP contribution in [-0.2, 0) is 22.4 Å². The predicted molar refractivity (Wildman–Crippen MR) is 107 cm³/mol. The number of anilines is 1. The van der Waals surface area contributed by atoms with Gasteiger partial charge in [-0.15, -0.1) is 11.3 Å². The van der Waals surface area contributed by atoms with Crippen LogP contribution in [0.15, 0.2) is 24.3 Å². The second-order valence-electron chi connectivity index (χ2n) is 6.74. The molecule has 1 atom stereocenters. The molecule has 1 aromatic heterocycles. The Hall–Kier alpha value is -3.07. The molecule has 2 aliphatic rings. The summed E-state index contributed by atoms with van der Waals surface area (Å²) in [5.74, 6) is -0.542. The van der Waals surface area contributed by atoms with E-state index in [0.717, 1.165) is 21.0 Å². The molecule has 2 amide bonds. The van der Waals surface area contributed by atoms with E-state index in [0.29, 0.717) is 37.2 Å². The molecule has 0 saturated heterocycles. The van der Waals surface area contributed by atoms with Crippen LogP contribution in [0.25, 0.3) is 0 Å². The van der Waals surface area contributed by atoms with Gasteiger partial charge in [0.05, 0.1) is 31.4 Å². The predicted octanol–water partition coefficient (Wildman–Crippen LogP) is 2.90. The highest BCUT2D eigenvalue weighted by atomic mass is 32.1. The van der Waals surface area contributed by atoms with Gasteiger partial charge in [-0.2, -0.15) is 0 Å². The van der Waals surface area contributed by atoms with Crippen LogP contribution in [0.1, 0.15) is 49.8 Å². The Bertz CT molecular complexity index is 969. The molecule has 0 radical (unpaired) electrons. The maximum Gasteiger partial charge on any atom is 0.410 e. The van der Waals surface area contributed by atoms with Crippen molar-refractivity contribution in [3.63, 3.8) is 0 Å². The lowest BCUT2D eigenvalue weighted by Gasteiger charge is -2.28. The first-order valence-electron chi connectivity index (χ1n) is 9.33. The van der Waals surface area contributed by atoms with Gasteiger partial charge in [0.15, 0.2) is 0 Å². The molecule has 8 nitrogen and oxygen atoms in total. The first-order chi connectivity index (χ1) is 14.0. The minimum Gasteiger partial charge on any atom is -0.465 e. The summed E-state index contributed by atoms with van der Waals surface area (Å²) < 4.78 is 9.81. The standard InChI is InChI=1S/C20H21N3O5S/c1-3-28-20(26)23-9-8-13-14(10-23)29-18-15(13)17(24)21-16(22-18)11-4-6-12(7-5-11)19(25)27-2/h4-7,16,22H,3,8-10H2,1-2H3,(H,21,24)/t16-/m0/s1. The van der Waals surface area contributed by atoms with Gasteiger partial charge in [0, 0.05) is 11.4 Å². The molecular formula is C20H21N3O5S. The number of ether oxygens (including phenoxy) is 2. The van der Waals surface area contributed by atoms with Gasteiger partial charge in [0.1, 0.15) is 11.2 Å². The quantitative estimate of drug-likeness (QED) is 0.749. The van der Waals surface area contributed by atoms with Gasteiger partial charge in [-0.1, -0.05) is 12.1 Å². The Balaban J connectivity index is 1.55. The number of rotatable bonds is 3. The van der Waals surface area contributed by atoms with E-state index in [1.54, 1.807) is 36.1 Å². The lowest BCUT2D eigenvalue weighted by atomic mass is 10.0. The summed E-state index contributed by atoms with van der Waals surface area (Å²) in [7, 11) is 1.34. The number of carbonyl (C=O) groups excluding carboxylic acids is 3. The number of methoxy groups -OCH3 is 1. The highest BCUT2D eigenvalue weighted by molar-refractivity contribution is 7.16. The Morgan fingerprint density at radius 1 is 1.24 bits per heavy atom. The van der Waals surface area contributed by atoms with E-state index in [1.165, 1.54) is 18.4 Å². The molecule has 4 rings (SSSR count). The van der Waals surface area contributed by atoms with E-state index < -0.39 is 12.1 Å². The zero-order chi connectivity index (χ0) is 20.5. The lowest BCUT2D eigenvalue weighted by molar-refractivity contribution is 0.0600. The largest absolute Gasteiger partial charge is 0.465 e. The number of hydrogen-bond donors (Lipinski definition) is 2. The van der Waals surface area contributed by atoms with E-state index in [-0.39, 0.29) is 12.0 Å². The van der Waals surface area contributed by atoms with Crippen LogP contribution in [-0.4, -0.2) is 43.1 Å². The average molecular weight is 415 g/mol. The van der Waals surface area contributed by atoms with Crippen molar-refractivity contribution in [2.75, 3.05) is 25.6 Å². The number of benzene rings is 1. The number of hydrogen-bond acceptors (Lipinski definition) is 7. The maximum atomic E-state index is 12.8. The van der Waals surface area contributed by atoms with Crippen molar-refractivity contribution in [2.24, 2.45) is 0 Å². The Morgan fingerprint density at radius 3 is 2.69 bits per heavy atom. The third-order valence-electron chi connectivity index (χ3n) is 5.03. The number of esters is 1. The van der Waals surface area contributed by atoms with E-state index in [9.17, 15) is 14.4 Å². The molecule has 0 unspecified atom stereocenters. The SMILES string of the molecule is CCOC(=O)N1CCc2c(sc3c2C(=O)N[C@H](c2ccc(C(=O)OC)cc2)N3)C1. The van der Waals surface area contributed by atoms with Crippen molar-refractivity contribution in [1.29, 1.82) is 0 Å². The summed E-state index contributed by atoms with van der Waals surface area (Å²) in [6.45, 7) is 3.09. The minimum atomic E-state index is -0.406. The van der Waals surface area contributed by atoms with Crippen molar-refractivity contribution in [1.82, 2.24) is 10.2 Å². The first-order valence-corrected chi connectivity index (χ1v) is 10.1. The van der Waals surface area contributed by atoms with Crippen LogP contribution in [0.4, 0.5) is 9.80 Å². The summed E-state index contributed by atoms with van der Waals surface area (Å²) in [4.78, 5) is 39.1. The van der Waals surface area contributed by atoms with E-state index >= 15 is 0 Å². The summed E-state index contributed by atoms with van der Waals surface area (Å²) in [6, 6.07) is 6.90. The number of fused-ring (bicyclic) bond motifs is 3. The summed E-state index contributed by atoms with van der Waals surface area (Å²) in [5, 5.41) is 7.14. The Morgan fingerprint density at radius 2 is 2.00 bits per heavy atom. The van der Waals surface area contributed by atoms with Gasteiger partial charge in [0.2, 0.25) is 0 Å². The minimum absolute atomic E-state index is 0.136. The molecule has 9 heteroatoms. The van der Waals surface area contributed by atoms with Crippen LogP contribution < -0.4 is 10.6 Å². The topological polar surface area (TPSA) is 97.0 Å². The van der Waals surface area contributed by atoms with Crippen LogP contribution in [0.3, 0.4) is 0 Å². The summed E-state index contributed by atoms with van der Waals surface area (Å²) in [5.41, 5.74) is 2.94. The molecule has 1 aromatic carbocycles. The third-order valence-corrected chi connectivity index (χ3v) is 6.17. The van der Waals surface area contributed by atoms with Crippen molar-refractivity contribution >= 4 is 34.3 Å². The van der Waals surface area contributed by atoms with Gasteiger partial charge in [-0.05, 0) is 36.6 Å². The molecule has 0 saturated carbocycles. The van der Waals surface area contributed by atoms with Crippen LogP contribution >= 0.6 is 11.3 Å². The fourth-order valence-electron chi connectivity index (χ4n) is 3.58. The first kappa shape index (κ1) is 19.3. The van der Waals surface area contributed by atoms with Gasteiger partial charge >= 0.3 is 12.1 Å². The molecule has 2 N–H and O–H groups in total. The summed E-state index contributed by atoms with van der Waals surface area (Å²) in [6.07, 6.45) is -0.110. The Kier molecular flexibility index (Phi) is 5.14. The lowest BCUT2D eigenvalue weighted by Crippen LogP contribution is -2.39. The molecule has 2 aliphatic heterocycles. The van der Waals surface area contributed by atoms with Gasteiger partial charge in [0.25, 0.3) is 5.91 Å². The van der Waals surface area contributed by atoms with Gasteiger partial charge < -0.3 is 25.0 Å². The molecule has 2 aromatic rings. The van der Waals surface area contributed by atoms with Crippen LogP contribution in [0.2, 0.25) is 0 Å². The molecular weight excluding hydrogens is 394 g/mol. The van der Waals surface area contributed by atoms with E-state index in [4.69, 9.17) is 9.47 Å². The zero-order valence-electron chi connectivity index (χ0n) is 16.1. The number of nitrogens with zero attached hydrogens (tertiary/aromatic N) is 1. The smallest absolute Gasteiger partial charge is 0.410 e. The molecule has 152 valence electrons. The van der Waals surface area contributed by atoms with Gasteiger partial charge in [-0.3, -0.25) is 4.79 Å². The molecule has 0 fully saturated rings. The maximum absolute atomic E-state index is 12.8. The number of carbonyl (C=O) groups is 3. The molecule has 3 heterocycles. The highest BCUT2D eigenvalue weighted by Crippen LogP contribution is 2.40. The second-order valence-corrected chi connectivity index (χ2v) is 7.85. The fourth-order valence-corrected chi connectivity index (χ4v) is 4.87.